The molecule has 0 atom stereocenters. The monoisotopic (exact) mass is 182 g/mol. The molecule has 3 N–H and O–H groups in total. The van der Waals surface area contributed by atoms with Crippen molar-refractivity contribution >= 4 is 12.3 Å². The van der Waals surface area contributed by atoms with Crippen molar-refractivity contribution in [2.24, 2.45) is 5.73 Å². The van der Waals surface area contributed by atoms with Gasteiger partial charge in [-0.05, 0) is 12.1 Å². The van der Waals surface area contributed by atoms with Crippen molar-refractivity contribution in [1.82, 2.24) is 4.98 Å². The largest absolute Gasteiger partial charge is 0.480 e. The van der Waals surface area contributed by atoms with Crippen molar-refractivity contribution in [2.45, 2.75) is 0 Å². The Balaban J connectivity index is 0.000000252. The molecular formula is C8H10N2O3. The average molecular weight is 182 g/mol. The van der Waals surface area contributed by atoms with E-state index in [0.717, 1.165) is 6.29 Å². The molecule has 0 amide bonds. The van der Waals surface area contributed by atoms with Crippen molar-refractivity contribution in [3.8, 4) is 0 Å². The summed E-state index contributed by atoms with van der Waals surface area (Å²) in [7, 11) is 0. The minimum absolute atomic E-state index is 0.278. The van der Waals surface area contributed by atoms with Gasteiger partial charge in [-0.15, -0.1) is 0 Å². The van der Waals surface area contributed by atoms with Crippen LogP contribution in [-0.2, 0) is 4.79 Å². The number of hydrogen-bond donors (Lipinski definition) is 2. The van der Waals surface area contributed by atoms with E-state index < -0.39 is 5.97 Å². The molecule has 0 radical (unpaired) electrons. The minimum atomic E-state index is -0.968. The van der Waals surface area contributed by atoms with Crippen molar-refractivity contribution in [2.75, 3.05) is 6.54 Å². The summed E-state index contributed by atoms with van der Waals surface area (Å²) in [5, 5.41) is 7.60. The molecule has 0 spiro atoms. The van der Waals surface area contributed by atoms with Crippen LogP contribution in [0, 0.1) is 0 Å². The van der Waals surface area contributed by atoms with E-state index in [0.29, 0.717) is 5.56 Å². The van der Waals surface area contributed by atoms with E-state index in [1.807, 2.05) is 0 Å². The van der Waals surface area contributed by atoms with Crippen LogP contribution in [0.3, 0.4) is 0 Å². The lowest BCUT2D eigenvalue weighted by Crippen LogP contribution is -2.10. The third-order valence-corrected chi connectivity index (χ3v) is 1.02. The topological polar surface area (TPSA) is 93.3 Å². The molecule has 0 bridgehead atoms. The summed E-state index contributed by atoms with van der Waals surface area (Å²) in [6.45, 7) is -0.278. The molecule has 5 heteroatoms. The number of aldehydes is 1. The summed E-state index contributed by atoms with van der Waals surface area (Å²) >= 11 is 0. The second kappa shape index (κ2) is 6.93. The number of carboxylic acids is 1. The number of carboxylic acid groups (broad SMARTS) is 1. The predicted molar refractivity (Wildman–Crippen MR) is 46.3 cm³/mol. The van der Waals surface area contributed by atoms with Crippen LogP contribution >= 0.6 is 0 Å². The average Bonchev–Trinajstić information content (AvgIpc) is 2.20. The number of hydrogen-bond acceptors (Lipinski definition) is 4. The molecule has 0 saturated heterocycles. The van der Waals surface area contributed by atoms with E-state index in [1.54, 1.807) is 24.5 Å². The third-order valence-electron chi connectivity index (χ3n) is 1.02. The van der Waals surface area contributed by atoms with Gasteiger partial charge in [0.1, 0.15) is 6.29 Å². The standard InChI is InChI=1S/C6H5NO.C2H5NO2/c8-5-6-1-3-7-4-2-6;3-1-2(4)5/h1-5H;1,3H2,(H,4,5). The number of aromatic nitrogens is 1. The van der Waals surface area contributed by atoms with Crippen molar-refractivity contribution < 1.29 is 14.7 Å². The number of rotatable bonds is 2. The fourth-order valence-corrected chi connectivity index (χ4v) is 0.442. The number of nitrogens with zero attached hydrogens (tertiary/aromatic N) is 1. The molecule has 1 aromatic rings. The highest BCUT2D eigenvalue weighted by Crippen LogP contribution is 1.88. The van der Waals surface area contributed by atoms with Crippen LogP contribution < -0.4 is 5.73 Å². The molecule has 5 nitrogen and oxygen atoms in total. The highest BCUT2D eigenvalue weighted by atomic mass is 16.4. The Morgan fingerprint density at radius 2 is 2.00 bits per heavy atom. The van der Waals surface area contributed by atoms with E-state index in [1.165, 1.54) is 0 Å². The Kier molecular flexibility index (Phi) is 6.00. The summed E-state index contributed by atoms with van der Waals surface area (Å²) in [5.74, 6) is -0.968. The van der Waals surface area contributed by atoms with E-state index in [2.05, 4.69) is 10.7 Å². The van der Waals surface area contributed by atoms with E-state index >= 15 is 0 Å². The Hall–Kier alpha value is -1.75. The smallest absolute Gasteiger partial charge is 0.317 e. The lowest BCUT2D eigenvalue weighted by Gasteiger charge is -1.81. The molecule has 0 unspecified atom stereocenters. The number of aliphatic carboxylic acids is 1. The first-order valence-electron chi connectivity index (χ1n) is 3.47. The molecule has 0 aliphatic rings. The zero-order valence-electron chi connectivity index (χ0n) is 6.88. The number of carbonyl (C=O) groups is 2. The maximum absolute atomic E-state index is 9.98. The Bertz CT molecular complexity index is 261. The van der Waals surface area contributed by atoms with Gasteiger partial charge in [0.05, 0.1) is 6.54 Å². The molecule has 0 aliphatic heterocycles. The second-order valence-electron chi connectivity index (χ2n) is 2.00. The van der Waals surface area contributed by atoms with Crippen LogP contribution in [0.2, 0.25) is 0 Å². The molecule has 0 aromatic carbocycles. The molecular weight excluding hydrogens is 172 g/mol. The van der Waals surface area contributed by atoms with Crippen LogP contribution in [0.1, 0.15) is 10.4 Å². The van der Waals surface area contributed by atoms with Gasteiger partial charge in [-0.2, -0.15) is 0 Å². The fraction of sp³-hybridized carbons (Fsp3) is 0.125. The van der Waals surface area contributed by atoms with E-state index in [9.17, 15) is 9.59 Å². The first kappa shape index (κ1) is 11.2. The summed E-state index contributed by atoms with van der Waals surface area (Å²) in [5.41, 5.74) is 5.24. The van der Waals surface area contributed by atoms with Crippen LogP contribution in [0.4, 0.5) is 0 Å². The zero-order valence-corrected chi connectivity index (χ0v) is 6.88. The highest BCUT2D eigenvalue weighted by Gasteiger charge is 1.81. The first-order valence-corrected chi connectivity index (χ1v) is 3.47. The molecule has 1 aromatic heterocycles. The highest BCUT2D eigenvalue weighted by molar-refractivity contribution is 5.73. The molecule has 0 fully saturated rings. The molecule has 13 heavy (non-hydrogen) atoms. The summed E-state index contributed by atoms with van der Waals surface area (Å²) < 4.78 is 0. The van der Waals surface area contributed by atoms with Gasteiger partial charge in [0.15, 0.2) is 0 Å². The number of carbonyl (C=O) groups excluding carboxylic acids is 1. The molecule has 0 aliphatic carbocycles. The van der Waals surface area contributed by atoms with Crippen LogP contribution in [0.15, 0.2) is 24.5 Å². The molecule has 1 heterocycles. The zero-order chi connectivity index (χ0) is 10.1. The molecule has 1 rings (SSSR count). The van der Waals surface area contributed by atoms with Crippen molar-refractivity contribution in [3.63, 3.8) is 0 Å². The maximum atomic E-state index is 9.98. The summed E-state index contributed by atoms with van der Waals surface area (Å²) in [4.78, 5) is 23.0. The SMILES string of the molecule is NCC(=O)O.O=Cc1ccncc1. The van der Waals surface area contributed by atoms with Gasteiger partial charge in [0, 0.05) is 18.0 Å². The quantitative estimate of drug-likeness (QED) is 0.624. The Labute approximate surface area is 75.2 Å². The minimum Gasteiger partial charge on any atom is -0.480 e. The van der Waals surface area contributed by atoms with E-state index in [4.69, 9.17) is 5.11 Å². The number of pyridine rings is 1. The van der Waals surface area contributed by atoms with E-state index in [-0.39, 0.29) is 6.54 Å². The fourth-order valence-electron chi connectivity index (χ4n) is 0.442. The lowest BCUT2D eigenvalue weighted by atomic mass is 10.3. The van der Waals surface area contributed by atoms with Crippen LogP contribution in [0.5, 0.6) is 0 Å². The van der Waals surface area contributed by atoms with Gasteiger partial charge >= 0.3 is 5.97 Å². The van der Waals surface area contributed by atoms with Crippen molar-refractivity contribution in [3.05, 3.63) is 30.1 Å². The first-order chi connectivity index (χ1) is 6.20. The number of nitrogens with two attached hydrogens (primary N) is 1. The second-order valence-corrected chi connectivity index (χ2v) is 2.00. The van der Waals surface area contributed by atoms with Gasteiger partial charge in [-0.1, -0.05) is 0 Å². The van der Waals surface area contributed by atoms with Crippen molar-refractivity contribution in [1.29, 1.82) is 0 Å². The van der Waals surface area contributed by atoms with Gasteiger partial charge in [-0.25, -0.2) is 0 Å². The lowest BCUT2D eigenvalue weighted by molar-refractivity contribution is -0.135. The summed E-state index contributed by atoms with van der Waals surface area (Å²) in [6, 6.07) is 3.32. The van der Waals surface area contributed by atoms with Gasteiger partial charge in [-0.3, -0.25) is 14.6 Å². The molecule has 0 saturated carbocycles. The van der Waals surface area contributed by atoms with Crippen LogP contribution in [0.25, 0.3) is 0 Å². The van der Waals surface area contributed by atoms with Gasteiger partial charge < -0.3 is 10.8 Å². The Morgan fingerprint density at radius 3 is 2.23 bits per heavy atom. The van der Waals surface area contributed by atoms with Gasteiger partial charge in [0.2, 0.25) is 0 Å². The summed E-state index contributed by atoms with van der Waals surface area (Å²) in [6.07, 6.45) is 3.97. The normalized spacial score (nSPS) is 8.08. The van der Waals surface area contributed by atoms with Gasteiger partial charge in [0.25, 0.3) is 0 Å². The molecule has 70 valence electrons. The predicted octanol–water partition coefficient (Wildman–Crippen LogP) is -0.0762. The Morgan fingerprint density at radius 1 is 1.54 bits per heavy atom. The van der Waals surface area contributed by atoms with Crippen LogP contribution in [-0.4, -0.2) is 28.9 Å². The maximum Gasteiger partial charge on any atom is 0.317 e. The third kappa shape index (κ3) is 6.64.